The number of amidine groups is 2. The molecule has 0 aromatic heterocycles. The molecule has 0 saturated carbocycles. The number of ether oxygens (including phenoxy) is 2. The van der Waals surface area contributed by atoms with Gasteiger partial charge in [-0.2, -0.15) is 0 Å². The van der Waals surface area contributed by atoms with E-state index in [4.69, 9.17) is 65.9 Å². The number of unbranched alkanes of at least 4 members (excludes halogenated alkanes) is 4. The van der Waals surface area contributed by atoms with Gasteiger partial charge >= 0.3 is 12.1 Å². The van der Waals surface area contributed by atoms with Crippen molar-refractivity contribution in [1.82, 2.24) is 29.4 Å². The molecule has 0 N–H and O–H groups in total. The Hall–Kier alpha value is -7.10. The van der Waals surface area contributed by atoms with E-state index in [-0.39, 0.29) is 34.7 Å². The molecule has 10 rings (SSSR count). The molecule has 4 aliphatic heterocycles. The van der Waals surface area contributed by atoms with Crippen LogP contribution in [0.15, 0.2) is 143 Å². The lowest BCUT2D eigenvalue weighted by Crippen LogP contribution is -2.55. The van der Waals surface area contributed by atoms with Crippen LogP contribution in [0.3, 0.4) is 0 Å². The van der Waals surface area contributed by atoms with Crippen molar-refractivity contribution in [3.05, 3.63) is 198 Å². The number of amides is 6. The summed E-state index contributed by atoms with van der Waals surface area (Å²) in [4.78, 5) is 79.9. The number of carbonyl (C=O) groups is 4. The molecule has 4 atom stereocenters. The van der Waals surface area contributed by atoms with E-state index in [0.29, 0.717) is 122 Å². The topological polar surface area (TPSA) is 131 Å². The van der Waals surface area contributed by atoms with Gasteiger partial charge in [-0.05, 0) is 144 Å². The van der Waals surface area contributed by atoms with E-state index in [1.807, 2.05) is 152 Å². The zero-order valence-corrected chi connectivity index (χ0v) is 56.6. The van der Waals surface area contributed by atoms with E-state index in [9.17, 15) is 9.59 Å². The van der Waals surface area contributed by atoms with E-state index in [1.165, 1.54) is 0 Å². The lowest BCUT2D eigenvalue weighted by atomic mass is 9.86. The van der Waals surface area contributed by atoms with Crippen molar-refractivity contribution in [3.8, 4) is 11.5 Å². The van der Waals surface area contributed by atoms with Crippen LogP contribution in [0, 0.1) is 0 Å². The van der Waals surface area contributed by atoms with Crippen molar-refractivity contribution in [2.24, 2.45) is 9.98 Å². The molecule has 4 aliphatic rings. The van der Waals surface area contributed by atoms with E-state index in [2.05, 4.69) is 65.8 Å². The second kappa shape index (κ2) is 29.2. The first-order valence-electron chi connectivity index (χ1n) is 32.1. The van der Waals surface area contributed by atoms with Crippen LogP contribution in [-0.2, 0) is 20.4 Å². The van der Waals surface area contributed by atoms with Gasteiger partial charge in [0.25, 0.3) is 0 Å². The van der Waals surface area contributed by atoms with Gasteiger partial charge in [0, 0.05) is 85.3 Å². The number of benzene rings is 6. The van der Waals surface area contributed by atoms with E-state index < -0.39 is 24.2 Å². The second-order valence-corrected chi connectivity index (χ2v) is 27.7. The summed E-state index contributed by atoms with van der Waals surface area (Å²) in [5.41, 5.74) is 6.90. The molecule has 6 aromatic carbocycles. The Kier molecular flexibility index (Phi) is 21.5. The van der Waals surface area contributed by atoms with Crippen LogP contribution < -0.4 is 9.47 Å². The molecule has 4 unspecified atom stereocenters. The number of carbonyl (C=O) groups excluding carboxylic acids is 4. The van der Waals surface area contributed by atoms with E-state index in [1.54, 1.807) is 0 Å². The van der Waals surface area contributed by atoms with Gasteiger partial charge in [-0.25, -0.2) is 9.59 Å². The zero-order valence-electron chi connectivity index (χ0n) is 53.6. The van der Waals surface area contributed by atoms with Gasteiger partial charge in [-0.3, -0.25) is 29.4 Å². The van der Waals surface area contributed by atoms with Crippen LogP contribution in [0.5, 0.6) is 11.5 Å². The Morgan fingerprint density at radius 1 is 0.418 bits per heavy atom. The lowest BCUT2D eigenvalue weighted by molar-refractivity contribution is -0.133. The average molecular weight is 1310 g/mol. The third-order valence-corrected chi connectivity index (χ3v) is 18.8. The molecule has 0 bridgehead atoms. The summed E-state index contributed by atoms with van der Waals surface area (Å²) in [5.74, 6) is 2.47. The number of nitrogens with zero attached hydrogens (tertiary/aromatic N) is 8. The normalized spacial score (nSPS) is 18.8. The fourth-order valence-electron chi connectivity index (χ4n) is 12.6. The molecule has 18 heteroatoms. The third-order valence-electron chi connectivity index (χ3n) is 17.8. The summed E-state index contributed by atoms with van der Waals surface area (Å²) >= 11 is 25.7. The molecule has 0 aliphatic carbocycles. The Morgan fingerprint density at radius 3 is 1.02 bits per heavy atom. The Balaban J connectivity index is 0.728. The maximum atomic E-state index is 15.3. The van der Waals surface area contributed by atoms with Gasteiger partial charge in [0.05, 0.1) is 36.4 Å². The number of halogens is 4. The number of urea groups is 2. The summed E-state index contributed by atoms with van der Waals surface area (Å²) in [6.07, 6.45) is 4.92. The second-order valence-electron chi connectivity index (χ2n) is 26.0. The zero-order chi connectivity index (χ0) is 64.7. The van der Waals surface area contributed by atoms with Gasteiger partial charge < -0.3 is 29.1 Å². The van der Waals surface area contributed by atoms with Crippen LogP contribution in [0.2, 0.25) is 20.1 Å². The SMILES string of the molecule is CCOc1cc(C(C)(C)C)ccc1C1=NC(c2ccc(Cl)cc2)C(c2ccc(Cl)cc2)N1C(=O)N1CCN(C(=O)CCCCCCCC(=O)N2CCN(C(=O)N3C(c4ccc(C(C)(C)C)cc4OCC)=NC(c4ccc(Cl)cc4)C3c3ccc(Cl)cc3)CC2)CC1. The van der Waals surface area contributed by atoms with E-state index >= 15 is 9.59 Å². The van der Waals surface area contributed by atoms with Gasteiger partial charge in [0.1, 0.15) is 35.3 Å². The highest BCUT2D eigenvalue weighted by Crippen LogP contribution is 2.48. The molecule has 4 heterocycles. The van der Waals surface area contributed by atoms with Crippen molar-refractivity contribution in [2.75, 3.05) is 65.6 Å². The summed E-state index contributed by atoms with van der Waals surface area (Å²) in [6.45, 7) is 20.8. The summed E-state index contributed by atoms with van der Waals surface area (Å²) in [6, 6.07) is 40.3. The summed E-state index contributed by atoms with van der Waals surface area (Å²) in [7, 11) is 0. The Bertz CT molecular complexity index is 3370. The number of hydrogen-bond donors (Lipinski definition) is 0. The minimum Gasteiger partial charge on any atom is -0.493 e. The molecule has 0 radical (unpaired) electrons. The highest BCUT2D eigenvalue weighted by Gasteiger charge is 2.47. The van der Waals surface area contributed by atoms with Crippen molar-refractivity contribution in [1.29, 1.82) is 0 Å². The van der Waals surface area contributed by atoms with Crippen LogP contribution in [0.1, 0.15) is 169 Å². The molecule has 6 amide bonds. The van der Waals surface area contributed by atoms with E-state index in [0.717, 1.165) is 76.6 Å². The van der Waals surface area contributed by atoms with Crippen molar-refractivity contribution >= 4 is 82.0 Å². The van der Waals surface area contributed by atoms with Crippen molar-refractivity contribution < 1.29 is 28.7 Å². The fraction of sp³-hybridized carbons (Fsp3) is 0.425. The van der Waals surface area contributed by atoms with Gasteiger partial charge in [0.2, 0.25) is 11.8 Å². The molecule has 2 fully saturated rings. The molecule has 91 heavy (non-hydrogen) atoms. The first kappa shape index (κ1) is 66.8. The smallest absolute Gasteiger partial charge is 0.326 e. The minimum absolute atomic E-state index is 0.0746. The Morgan fingerprint density at radius 2 is 0.714 bits per heavy atom. The molecule has 6 aromatic rings. The van der Waals surface area contributed by atoms with Gasteiger partial charge in [0.15, 0.2) is 0 Å². The maximum absolute atomic E-state index is 15.3. The van der Waals surface area contributed by atoms with Crippen LogP contribution in [0.25, 0.3) is 0 Å². The molecule has 480 valence electrons. The highest BCUT2D eigenvalue weighted by molar-refractivity contribution is 6.31. The predicted octanol–water partition coefficient (Wildman–Crippen LogP) is 16.7. The monoisotopic (exact) mass is 1310 g/mol. The summed E-state index contributed by atoms with van der Waals surface area (Å²) < 4.78 is 12.7. The first-order valence-corrected chi connectivity index (χ1v) is 33.6. The lowest BCUT2D eigenvalue weighted by Gasteiger charge is -2.39. The summed E-state index contributed by atoms with van der Waals surface area (Å²) in [5, 5.41) is 2.38. The molecule has 0 spiro atoms. The van der Waals surface area contributed by atoms with Gasteiger partial charge in [-0.1, -0.05) is 168 Å². The predicted molar refractivity (Wildman–Crippen MR) is 366 cm³/mol. The average Bonchev–Trinajstić information content (AvgIpc) is 1.63. The molecule has 14 nitrogen and oxygen atoms in total. The quantitative estimate of drug-likeness (QED) is 0.0788. The highest BCUT2D eigenvalue weighted by atomic mass is 35.5. The standard InChI is InChI=1S/C73H84Cl4N8O6/c1-9-90-60-46-52(72(3,4)5)26-36-58(60)68-78-64(48-18-28-54(74)29-19-48)66(50-22-32-56(76)33-23-50)84(68)70(88)82-42-38-80(39-43-82)62(86)16-14-12-11-13-15-17-63(87)81-40-44-83(45-41-81)71(89)85-67(51-24-34-57(77)35-25-51)65(49-20-30-55(75)31-21-49)79-69(85)59-37-27-53(73(6,7)8)47-61(59)91-10-2/h18-37,46-47,64-67H,9-17,38-45H2,1-8H3. The van der Waals surface area contributed by atoms with Gasteiger partial charge in [-0.15, -0.1) is 0 Å². The van der Waals surface area contributed by atoms with Crippen molar-refractivity contribution in [2.45, 2.75) is 135 Å². The molecular weight excluding hydrogens is 1230 g/mol. The number of piperazine rings is 2. The number of rotatable bonds is 18. The van der Waals surface area contributed by atoms with Crippen molar-refractivity contribution in [3.63, 3.8) is 0 Å². The van der Waals surface area contributed by atoms with Crippen LogP contribution >= 0.6 is 46.4 Å². The fourth-order valence-corrected chi connectivity index (χ4v) is 13.1. The molecular formula is C73H84Cl4N8O6. The number of aliphatic imine (C=N–C) groups is 2. The minimum atomic E-state index is -0.528. The Labute approximate surface area is 557 Å². The number of hydrogen-bond acceptors (Lipinski definition) is 8. The van der Waals surface area contributed by atoms with Crippen LogP contribution in [0.4, 0.5) is 9.59 Å². The van der Waals surface area contributed by atoms with Crippen LogP contribution in [-0.4, -0.2) is 131 Å². The maximum Gasteiger partial charge on any atom is 0.326 e. The molecule has 2 saturated heterocycles. The third kappa shape index (κ3) is 15.5. The largest absolute Gasteiger partial charge is 0.493 e. The first-order chi connectivity index (χ1) is 43.6.